The highest BCUT2D eigenvalue weighted by molar-refractivity contribution is 5.78. The second kappa shape index (κ2) is 4.14. The zero-order valence-electron chi connectivity index (χ0n) is 9.62. The van der Waals surface area contributed by atoms with Gasteiger partial charge in [-0.25, -0.2) is 9.37 Å². The summed E-state index contributed by atoms with van der Waals surface area (Å²) >= 11 is 0. The molecule has 0 saturated heterocycles. The summed E-state index contributed by atoms with van der Waals surface area (Å²) in [6, 6.07) is 6.35. The molecule has 0 bridgehead atoms. The van der Waals surface area contributed by atoms with Crippen LogP contribution in [0.25, 0.3) is 11.0 Å². The fourth-order valence-corrected chi connectivity index (χ4v) is 1.99. The Balaban J connectivity index is 1.93. The zero-order chi connectivity index (χ0) is 12.5. The van der Waals surface area contributed by atoms with Crippen LogP contribution in [0.4, 0.5) is 10.3 Å². The lowest BCUT2D eigenvalue weighted by atomic mass is 10.3. The van der Waals surface area contributed by atoms with Gasteiger partial charge in [0.2, 0.25) is 5.95 Å². The molecule has 18 heavy (non-hydrogen) atoms. The van der Waals surface area contributed by atoms with Gasteiger partial charge in [0.25, 0.3) is 0 Å². The van der Waals surface area contributed by atoms with Crippen LogP contribution in [0.3, 0.4) is 0 Å². The Morgan fingerprint density at radius 2 is 2.17 bits per heavy atom. The molecule has 0 aliphatic rings. The SMILES string of the molecule is Nc1nc2cc(F)ccc2n1CCn1cccn1. The van der Waals surface area contributed by atoms with Crippen molar-refractivity contribution in [2.75, 3.05) is 5.73 Å². The van der Waals surface area contributed by atoms with E-state index in [0.29, 0.717) is 24.6 Å². The van der Waals surface area contributed by atoms with E-state index >= 15 is 0 Å². The third kappa shape index (κ3) is 1.81. The average molecular weight is 245 g/mol. The minimum Gasteiger partial charge on any atom is -0.369 e. The van der Waals surface area contributed by atoms with E-state index < -0.39 is 0 Å². The molecule has 0 aliphatic carbocycles. The number of aromatic nitrogens is 4. The molecule has 3 aromatic rings. The summed E-state index contributed by atoms with van der Waals surface area (Å²) in [6.45, 7) is 1.34. The summed E-state index contributed by atoms with van der Waals surface area (Å²) in [6.07, 6.45) is 3.61. The summed E-state index contributed by atoms with van der Waals surface area (Å²) in [5.74, 6) is 0.0852. The minimum atomic E-state index is -0.306. The summed E-state index contributed by atoms with van der Waals surface area (Å²) in [7, 11) is 0. The average Bonchev–Trinajstić information content (AvgIpc) is 2.93. The lowest BCUT2D eigenvalue weighted by Crippen LogP contribution is -2.10. The van der Waals surface area contributed by atoms with E-state index in [0.717, 1.165) is 5.52 Å². The maximum absolute atomic E-state index is 13.1. The monoisotopic (exact) mass is 245 g/mol. The van der Waals surface area contributed by atoms with Crippen LogP contribution < -0.4 is 5.73 Å². The number of hydrogen-bond donors (Lipinski definition) is 1. The lowest BCUT2D eigenvalue weighted by molar-refractivity contribution is 0.544. The van der Waals surface area contributed by atoms with Gasteiger partial charge in [-0.05, 0) is 18.2 Å². The van der Waals surface area contributed by atoms with Gasteiger partial charge in [-0.1, -0.05) is 0 Å². The predicted octanol–water partition coefficient (Wildman–Crippen LogP) is 1.65. The number of nitrogen functional groups attached to an aromatic ring is 1. The van der Waals surface area contributed by atoms with Gasteiger partial charge in [-0.3, -0.25) is 4.68 Å². The molecule has 92 valence electrons. The highest BCUT2D eigenvalue weighted by Crippen LogP contribution is 2.18. The van der Waals surface area contributed by atoms with Crippen molar-refractivity contribution in [3.05, 3.63) is 42.5 Å². The molecule has 0 aliphatic heterocycles. The Hall–Kier alpha value is -2.37. The van der Waals surface area contributed by atoms with Crippen LogP contribution in [0.15, 0.2) is 36.7 Å². The van der Waals surface area contributed by atoms with Gasteiger partial charge in [0, 0.05) is 25.0 Å². The van der Waals surface area contributed by atoms with Crippen LogP contribution in [0.5, 0.6) is 0 Å². The van der Waals surface area contributed by atoms with Gasteiger partial charge in [-0.15, -0.1) is 0 Å². The third-order valence-corrected chi connectivity index (χ3v) is 2.85. The van der Waals surface area contributed by atoms with Crippen molar-refractivity contribution in [1.82, 2.24) is 19.3 Å². The Bertz CT molecular complexity index is 671. The zero-order valence-corrected chi connectivity index (χ0v) is 9.62. The first-order valence-electron chi connectivity index (χ1n) is 5.63. The molecule has 0 saturated carbocycles. The topological polar surface area (TPSA) is 61.7 Å². The van der Waals surface area contributed by atoms with Crippen molar-refractivity contribution >= 4 is 17.0 Å². The normalized spacial score (nSPS) is 11.2. The molecule has 5 nitrogen and oxygen atoms in total. The van der Waals surface area contributed by atoms with Gasteiger partial charge in [0.1, 0.15) is 5.82 Å². The first kappa shape index (κ1) is 10.8. The van der Waals surface area contributed by atoms with Gasteiger partial charge < -0.3 is 10.3 Å². The second-order valence-corrected chi connectivity index (χ2v) is 4.02. The number of fused-ring (bicyclic) bond motifs is 1. The first-order chi connectivity index (χ1) is 8.74. The smallest absolute Gasteiger partial charge is 0.201 e. The van der Waals surface area contributed by atoms with Gasteiger partial charge in [0.15, 0.2) is 0 Å². The lowest BCUT2D eigenvalue weighted by Gasteiger charge is -2.06. The Labute approximate surface area is 103 Å². The van der Waals surface area contributed by atoms with E-state index in [1.807, 2.05) is 21.5 Å². The minimum absolute atomic E-state index is 0.306. The predicted molar refractivity (Wildman–Crippen MR) is 66.3 cm³/mol. The molecular formula is C12H12FN5. The van der Waals surface area contributed by atoms with Crippen LogP contribution in [0, 0.1) is 5.82 Å². The fraction of sp³-hybridized carbons (Fsp3) is 0.167. The van der Waals surface area contributed by atoms with Gasteiger partial charge in [-0.2, -0.15) is 5.10 Å². The molecule has 2 heterocycles. The van der Waals surface area contributed by atoms with E-state index in [-0.39, 0.29) is 5.82 Å². The highest BCUT2D eigenvalue weighted by atomic mass is 19.1. The number of anilines is 1. The van der Waals surface area contributed by atoms with Crippen LogP contribution in [-0.4, -0.2) is 19.3 Å². The Kier molecular flexibility index (Phi) is 2.47. The van der Waals surface area contributed by atoms with E-state index in [1.54, 1.807) is 12.3 Å². The van der Waals surface area contributed by atoms with Crippen LogP contribution in [-0.2, 0) is 13.1 Å². The van der Waals surface area contributed by atoms with Crippen molar-refractivity contribution in [2.24, 2.45) is 0 Å². The number of rotatable bonds is 3. The molecule has 1 aromatic carbocycles. The Morgan fingerprint density at radius 3 is 2.94 bits per heavy atom. The van der Waals surface area contributed by atoms with Crippen molar-refractivity contribution in [2.45, 2.75) is 13.1 Å². The summed E-state index contributed by atoms with van der Waals surface area (Å²) in [5.41, 5.74) is 7.25. The number of aryl methyl sites for hydroxylation is 2. The summed E-state index contributed by atoms with van der Waals surface area (Å²) in [5, 5.41) is 4.12. The van der Waals surface area contributed by atoms with E-state index in [2.05, 4.69) is 10.1 Å². The number of hydrogen-bond acceptors (Lipinski definition) is 3. The number of nitrogens with zero attached hydrogens (tertiary/aromatic N) is 4. The molecule has 0 spiro atoms. The van der Waals surface area contributed by atoms with Crippen molar-refractivity contribution in [1.29, 1.82) is 0 Å². The Morgan fingerprint density at radius 1 is 1.28 bits per heavy atom. The van der Waals surface area contributed by atoms with Crippen LogP contribution in [0.2, 0.25) is 0 Å². The second-order valence-electron chi connectivity index (χ2n) is 4.02. The number of benzene rings is 1. The molecule has 6 heteroatoms. The van der Waals surface area contributed by atoms with Crippen LogP contribution >= 0.6 is 0 Å². The quantitative estimate of drug-likeness (QED) is 0.763. The molecule has 3 rings (SSSR count). The summed E-state index contributed by atoms with van der Waals surface area (Å²) < 4.78 is 16.8. The largest absolute Gasteiger partial charge is 0.369 e. The van der Waals surface area contributed by atoms with Crippen LogP contribution in [0.1, 0.15) is 0 Å². The van der Waals surface area contributed by atoms with Crippen molar-refractivity contribution in [3.63, 3.8) is 0 Å². The molecule has 0 atom stereocenters. The maximum Gasteiger partial charge on any atom is 0.201 e. The molecule has 0 amide bonds. The summed E-state index contributed by atoms with van der Waals surface area (Å²) in [4.78, 5) is 4.14. The molecular weight excluding hydrogens is 233 g/mol. The molecule has 0 unspecified atom stereocenters. The van der Waals surface area contributed by atoms with Crippen molar-refractivity contribution in [3.8, 4) is 0 Å². The number of imidazole rings is 1. The fourth-order valence-electron chi connectivity index (χ4n) is 1.99. The standard InChI is InChI=1S/C12H12FN5/c13-9-2-3-11-10(8-9)16-12(14)18(11)7-6-17-5-1-4-15-17/h1-5,8H,6-7H2,(H2,14,16). The number of nitrogens with two attached hydrogens (primary N) is 1. The van der Waals surface area contributed by atoms with Gasteiger partial charge >= 0.3 is 0 Å². The molecule has 2 aromatic heterocycles. The first-order valence-corrected chi connectivity index (χ1v) is 5.63. The van der Waals surface area contributed by atoms with Gasteiger partial charge in [0.05, 0.1) is 17.6 Å². The van der Waals surface area contributed by atoms with E-state index in [4.69, 9.17) is 5.73 Å². The highest BCUT2D eigenvalue weighted by Gasteiger charge is 2.08. The molecule has 2 N–H and O–H groups in total. The maximum atomic E-state index is 13.1. The molecule has 0 fully saturated rings. The number of halogens is 1. The molecule has 0 radical (unpaired) electrons. The van der Waals surface area contributed by atoms with Crippen molar-refractivity contribution < 1.29 is 4.39 Å². The van der Waals surface area contributed by atoms with E-state index in [1.165, 1.54) is 12.1 Å². The third-order valence-electron chi connectivity index (χ3n) is 2.85. The van der Waals surface area contributed by atoms with E-state index in [9.17, 15) is 4.39 Å².